The van der Waals surface area contributed by atoms with Crippen molar-refractivity contribution >= 4 is 11.6 Å². The largest absolute Gasteiger partial charge is 0.490 e. The van der Waals surface area contributed by atoms with E-state index in [1.165, 1.54) is 0 Å². The predicted octanol–water partition coefficient (Wildman–Crippen LogP) is 3.08. The molecule has 0 aromatic heterocycles. The molecule has 1 fully saturated rings. The van der Waals surface area contributed by atoms with Gasteiger partial charge in [0, 0.05) is 10.6 Å². The molecule has 0 radical (unpaired) electrons. The van der Waals surface area contributed by atoms with Crippen molar-refractivity contribution in [3.05, 3.63) is 28.8 Å². The summed E-state index contributed by atoms with van der Waals surface area (Å²) < 4.78 is 5.67. The van der Waals surface area contributed by atoms with Crippen molar-refractivity contribution in [3.8, 4) is 5.75 Å². The maximum Gasteiger partial charge on any atom is 0.125 e. The number of aliphatic hydroxyl groups excluding tert-OH is 1. The van der Waals surface area contributed by atoms with Crippen LogP contribution >= 0.6 is 11.6 Å². The van der Waals surface area contributed by atoms with Gasteiger partial charge in [-0.05, 0) is 38.0 Å². The zero-order valence-electron chi connectivity index (χ0n) is 10.5. The summed E-state index contributed by atoms with van der Waals surface area (Å²) >= 11 is 5.90. The molecule has 0 spiro atoms. The second-order valence-corrected chi connectivity index (χ2v) is 5.51. The Morgan fingerprint density at radius 2 is 2.06 bits per heavy atom. The molecule has 4 heteroatoms. The summed E-state index contributed by atoms with van der Waals surface area (Å²) in [6.45, 7) is 1.94. The Balaban J connectivity index is 2.09. The van der Waals surface area contributed by atoms with Crippen LogP contribution in [-0.4, -0.2) is 22.4 Å². The molecule has 2 rings (SSSR count). The molecule has 2 N–H and O–H groups in total. The van der Waals surface area contributed by atoms with Crippen molar-refractivity contribution < 1.29 is 14.9 Å². The predicted molar refractivity (Wildman–Crippen MR) is 71.0 cm³/mol. The van der Waals surface area contributed by atoms with Crippen LogP contribution in [0.15, 0.2) is 18.2 Å². The van der Waals surface area contributed by atoms with Crippen LogP contribution in [0.1, 0.15) is 44.3 Å². The lowest BCUT2D eigenvalue weighted by molar-refractivity contribution is 0.000475. The number of hydrogen-bond acceptors (Lipinski definition) is 3. The van der Waals surface area contributed by atoms with Gasteiger partial charge in [0.1, 0.15) is 12.4 Å². The Morgan fingerprint density at radius 3 is 2.67 bits per heavy atom. The van der Waals surface area contributed by atoms with Crippen LogP contribution < -0.4 is 4.74 Å². The van der Waals surface area contributed by atoms with Gasteiger partial charge in [-0.25, -0.2) is 0 Å². The molecule has 0 aliphatic heterocycles. The first-order chi connectivity index (χ1) is 8.50. The molecule has 18 heavy (non-hydrogen) atoms. The van der Waals surface area contributed by atoms with Gasteiger partial charge in [0.05, 0.1) is 11.7 Å². The highest BCUT2D eigenvalue weighted by Crippen LogP contribution is 2.33. The molecule has 0 amide bonds. The lowest BCUT2D eigenvalue weighted by Gasteiger charge is -2.23. The third-order valence-corrected chi connectivity index (χ3v) is 3.69. The molecule has 1 aliphatic carbocycles. The molecular formula is C14H19ClO3. The standard InChI is InChI=1S/C14H19ClO3/c1-10(16)12-8-11(15)4-5-13(12)18-9-14(17)6-2-3-7-14/h4-5,8,10,16-17H,2-3,6-7,9H2,1H3/t10-/m1/s1. The fourth-order valence-corrected chi connectivity index (χ4v) is 2.55. The number of halogens is 1. The zero-order chi connectivity index (χ0) is 13.2. The SMILES string of the molecule is C[C@@H](O)c1cc(Cl)ccc1OCC1(O)CCCC1. The fourth-order valence-electron chi connectivity index (χ4n) is 2.37. The second-order valence-electron chi connectivity index (χ2n) is 5.08. The summed E-state index contributed by atoms with van der Waals surface area (Å²) in [5.41, 5.74) is -0.0561. The first kappa shape index (κ1) is 13.7. The summed E-state index contributed by atoms with van der Waals surface area (Å²) in [5, 5.41) is 20.5. The average Bonchev–Trinajstić information content (AvgIpc) is 2.75. The van der Waals surface area contributed by atoms with Crippen molar-refractivity contribution in [1.82, 2.24) is 0 Å². The Kier molecular flexibility index (Phi) is 4.15. The van der Waals surface area contributed by atoms with Crippen molar-refractivity contribution in [2.45, 2.75) is 44.3 Å². The van der Waals surface area contributed by atoms with Gasteiger partial charge in [0.15, 0.2) is 0 Å². The minimum Gasteiger partial charge on any atom is -0.490 e. The van der Waals surface area contributed by atoms with E-state index in [1.807, 2.05) is 0 Å². The highest BCUT2D eigenvalue weighted by atomic mass is 35.5. The zero-order valence-corrected chi connectivity index (χ0v) is 11.3. The molecule has 1 atom stereocenters. The van der Waals surface area contributed by atoms with Gasteiger partial charge in [-0.15, -0.1) is 0 Å². The minimum atomic E-state index is -0.713. The summed E-state index contributed by atoms with van der Waals surface area (Å²) in [6, 6.07) is 5.16. The quantitative estimate of drug-likeness (QED) is 0.884. The molecular weight excluding hydrogens is 252 g/mol. The lowest BCUT2D eigenvalue weighted by atomic mass is 10.0. The van der Waals surface area contributed by atoms with Gasteiger partial charge < -0.3 is 14.9 Å². The van der Waals surface area contributed by atoms with Crippen LogP contribution in [0, 0.1) is 0 Å². The minimum absolute atomic E-state index is 0.272. The van der Waals surface area contributed by atoms with E-state index in [2.05, 4.69) is 0 Å². The van der Waals surface area contributed by atoms with Crippen molar-refractivity contribution in [2.75, 3.05) is 6.61 Å². The molecule has 3 nitrogen and oxygen atoms in total. The molecule has 100 valence electrons. The van der Waals surface area contributed by atoms with E-state index < -0.39 is 11.7 Å². The van der Waals surface area contributed by atoms with Gasteiger partial charge in [-0.3, -0.25) is 0 Å². The Morgan fingerprint density at radius 1 is 1.39 bits per heavy atom. The van der Waals surface area contributed by atoms with Gasteiger partial charge in [-0.2, -0.15) is 0 Å². The summed E-state index contributed by atoms with van der Waals surface area (Å²) in [5.74, 6) is 0.592. The molecule has 0 heterocycles. The first-order valence-electron chi connectivity index (χ1n) is 6.33. The third kappa shape index (κ3) is 3.16. The van der Waals surface area contributed by atoms with Gasteiger partial charge in [0.2, 0.25) is 0 Å². The Hall–Kier alpha value is -0.770. The van der Waals surface area contributed by atoms with E-state index in [1.54, 1.807) is 25.1 Å². The van der Waals surface area contributed by atoms with Crippen LogP contribution in [0.5, 0.6) is 5.75 Å². The highest BCUT2D eigenvalue weighted by molar-refractivity contribution is 6.30. The third-order valence-electron chi connectivity index (χ3n) is 3.45. The van der Waals surface area contributed by atoms with E-state index in [0.29, 0.717) is 16.3 Å². The van der Waals surface area contributed by atoms with Gasteiger partial charge in [-0.1, -0.05) is 24.4 Å². The normalized spacial score (nSPS) is 19.8. The molecule has 1 saturated carbocycles. The second kappa shape index (κ2) is 5.47. The van der Waals surface area contributed by atoms with Crippen LogP contribution in [0.3, 0.4) is 0 Å². The van der Waals surface area contributed by atoms with E-state index in [9.17, 15) is 10.2 Å². The highest BCUT2D eigenvalue weighted by Gasteiger charge is 2.32. The smallest absolute Gasteiger partial charge is 0.125 e. The summed E-state index contributed by atoms with van der Waals surface area (Å²) in [7, 11) is 0. The van der Waals surface area contributed by atoms with Gasteiger partial charge >= 0.3 is 0 Å². The average molecular weight is 271 g/mol. The molecule has 1 aromatic rings. The van der Waals surface area contributed by atoms with Crippen LogP contribution in [-0.2, 0) is 0 Å². The number of ether oxygens (including phenoxy) is 1. The van der Waals surface area contributed by atoms with E-state index in [4.69, 9.17) is 16.3 Å². The van der Waals surface area contributed by atoms with Crippen molar-refractivity contribution in [1.29, 1.82) is 0 Å². The lowest BCUT2D eigenvalue weighted by Crippen LogP contribution is -2.32. The topological polar surface area (TPSA) is 49.7 Å². The van der Waals surface area contributed by atoms with Crippen LogP contribution in [0.25, 0.3) is 0 Å². The maximum atomic E-state index is 10.2. The van der Waals surface area contributed by atoms with Crippen LogP contribution in [0.2, 0.25) is 5.02 Å². The van der Waals surface area contributed by atoms with E-state index in [0.717, 1.165) is 25.7 Å². The van der Waals surface area contributed by atoms with Crippen LogP contribution in [0.4, 0.5) is 0 Å². The Bertz CT molecular complexity index is 412. The fraction of sp³-hybridized carbons (Fsp3) is 0.571. The Labute approximate surface area is 112 Å². The molecule has 0 bridgehead atoms. The molecule has 0 unspecified atom stereocenters. The maximum absolute atomic E-state index is 10.2. The number of hydrogen-bond donors (Lipinski definition) is 2. The van der Waals surface area contributed by atoms with Crippen molar-refractivity contribution in [2.24, 2.45) is 0 Å². The molecule has 1 aliphatic rings. The van der Waals surface area contributed by atoms with Crippen molar-refractivity contribution in [3.63, 3.8) is 0 Å². The molecule has 0 saturated heterocycles. The molecule has 1 aromatic carbocycles. The number of aliphatic hydroxyl groups is 2. The number of rotatable bonds is 4. The first-order valence-corrected chi connectivity index (χ1v) is 6.71. The summed E-state index contributed by atoms with van der Waals surface area (Å²) in [4.78, 5) is 0. The monoisotopic (exact) mass is 270 g/mol. The van der Waals surface area contributed by atoms with E-state index in [-0.39, 0.29) is 6.61 Å². The summed E-state index contributed by atoms with van der Waals surface area (Å²) in [6.07, 6.45) is 3.01. The van der Waals surface area contributed by atoms with E-state index >= 15 is 0 Å². The number of benzene rings is 1. The van der Waals surface area contributed by atoms with Gasteiger partial charge in [0.25, 0.3) is 0 Å².